The lowest BCUT2D eigenvalue weighted by molar-refractivity contribution is -0.145. The number of carbonyl (C=O) groups excluding carboxylic acids is 1. The van der Waals surface area contributed by atoms with Crippen LogP contribution in [-0.4, -0.2) is 39.0 Å². The highest BCUT2D eigenvalue weighted by Gasteiger charge is 2.35. The summed E-state index contributed by atoms with van der Waals surface area (Å²) in [5, 5.41) is 7.21. The first-order valence-corrected chi connectivity index (χ1v) is 12.7. The van der Waals surface area contributed by atoms with Crippen LogP contribution in [0.15, 0.2) is 36.8 Å². The largest absolute Gasteiger partial charge is 0.490 e. The van der Waals surface area contributed by atoms with E-state index in [2.05, 4.69) is 25.6 Å². The molecule has 4 atom stereocenters. The average molecular weight is 518 g/mol. The number of aromatic nitrogens is 3. The van der Waals surface area contributed by atoms with Gasteiger partial charge in [-0.15, -0.1) is 11.3 Å². The molecule has 2 aromatic heterocycles. The summed E-state index contributed by atoms with van der Waals surface area (Å²) in [6.07, 6.45) is 3.54. The Morgan fingerprint density at radius 2 is 1.81 bits per heavy atom. The van der Waals surface area contributed by atoms with Gasteiger partial charge in [-0.05, 0) is 57.7 Å². The molecule has 2 N–H and O–H groups in total. The van der Waals surface area contributed by atoms with Crippen molar-refractivity contribution in [2.75, 3.05) is 0 Å². The molecule has 1 amide bonds. The fraction of sp³-hybridized carbons (Fsp3) is 0.440. The molecule has 1 aromatic carbocycles. The molecule has 2 aliphatic heterocycles. The molecule has 0 aliphatic carbocycles. The molecule has 0 radical (unpaired) electrons. The maximum atomic E-state index is 13.2. The van der Waals surface area contributed by atoms with E-state index >= 15 is 0 Å². The fourth-order valence-electron chi connectivity index (χ4n) is 4.77. The first-order chi connectivity index (χ1) is 17.1. The summed E-state index contributed by atoms with van der Waals surface area (Å²) >= 11 is 1.52. The monoisotopic (exact) mass is 517 g/mol. The van der Waals surface area contributed by atoms with E-state index in [-0.39, 0.29) is 12.0 Å². The second kappa shape index (κ2) is 9.78. The van der Waals surface area contributed by atoms with Crippen molar-refractivity contribution in [1.82, 2.24) is 25.6 Å². The molecular weight excluding hydrogens is 491 g/mol. The van der Waals surface area contributed by atoms with Gasteiger partial charge < -0.3 is 15.4 Å². The van der Waals surface area contributed by atoms with Crippen LogP contribution >= 0.6 is 11.3 Å². The van der Waals surface area contributed by atoms with Crippen molar-refractivity contribution in [2.24, 2.45) is 0 Å². The Labute approximate surface area is 210 Å². The number of nitrogens with zero attached hydrogens (tertiary/aromatic N) is 3. The van der Waals surface area contributed by atoms with Crippen molar-refractivity contribution in [3.63, 3.8) is 0 Å². The van der Waals surface area contributed by atoms with Crippen LogP contribution in [0.5, 0.6) is 5.75 Å². The van der Waals surface area contributed by atoms with Gasteiger partial charge in [-0.3, -0.25) is 4.79 Å². The number of ether oxygens (including phenoxy) is 1. The molecular formula is C25H26F3N5O2S. The van der Waals surface area contributed by atoms with Crippen molar-refractivity contribution >= 4 is 17.2 Å². The quantitative estimate of drug-likeness (QED) is 0.474. The van der Waals surface area contributed by atoms with Crippen LogP contribution in [0.2, 0.25) is 0 Å². The summed E-state index contributed by atoms with van der Waals surface area (Å²) in [7, 11) is 0. The second-order valence-corrected chi connectivity index (χ2v) is 10.6. The number of nitrogens with one attached hydrogen (secondary N) is 2. The molecule has 2 bridgehead atoms. The third-order valence-electron chi connectivity index (χ3n) is 6.54. The van der Waals surface area contributed by atoms with Gasteiger partial charge in [0.25, 0.3) is 5.91 Å². The Morgan fingerprint density at radius 3 is 2.42 bits per heavy atom. The minimum Gasteiger partial charge on any atom is -0.490 e. The number of halogens is 3. The third-order valence-corrected chi connectivity index (χ3v) is 7.50. The van der Waals surface area contributed by atoms with E-state index in [9.17, 15) is 18.0 Å². The lowest BCUT2D eigenvalue weighted by Crippen LogP contribution is -2.42. The molecule has 190 valence electrons. The summed E-state index contributed by atoms with van der Waals surface area (Å²) < 4.78 is 44.7. The van der Waals surface area contributed by atoms with Crippen molar-refractivity contribution in [2.45, 2.75) is 69.9 Å². The summed E-state index contributed by atoms with van der Waals surface area (Å²) in [4.78, 5) is 25.5. The van der Waals surface area contributed by atoms with Crippen LogP contribution < -0.4 is 15.4 Å². The smallest absolute Gasteiger partial charge is 0.451 e. The van der Waals surface area contributed by atoms with Gasteiger partial charge in [0.1, 0.15) is 16.9 Å². The Hall–Kier alpha value is -3.05. The highest BCUT2D eigenvalue weighted by atomic mass is 32.1. The average Bonchev–Trinajstić information content (AvgIpc) is 3.42. The molecule has 2 fully saturated rings. The maximum Gasteiger partial charge on any atom is 0.451 e. The molecule has 2 saturated heterocycles. The maximum absolute atomic E-state index is 13.2. The summed E-state index contributed by atoms with van der Waals surface area (Å²) in [5.41, 5.74) is 1.52. The molecule has 0 saturated carbocycles. The Morgan fingerprint density at radius 1 is 1.11 bits per heavy atom. The van der Waals surface area contributed by atoms with Gasteiger partial charge in [0.05, 0.1) is 6.04 Å². The SMILES string of the molecule is Cc1cnc(-c2cc(O[C@H]3C[C@H]4CC[C@@H](C3)N4)cc(C(=O)N[C@H](C)c3cnc(C(F)(F)F)nc3)c2)s1. The first-order valence-electron chi connectivity index (χ1n) is 11.8. The number of rotatable bonds is 6. The van der Waals surface area contributed by atoms with Crippen LogP contribution in [0.25, 0.3) is 10.6 Å². The number of aryl methyl sites for hydroxylation is 1. The molecule has 4 heterocycles. The van der Waals surface area contributed by atoms with Gasteiger partial charge >= 0.3 is 6.18 Å². The highest BCUT2D eigenvalue weighted by molar-refractivity contribution is 7.14. The molecule has 2 aliphatic rings. The Bertz CT molecular complexity index is 1240. The lowest BCUT2D eigenvalue weighted by atomic mass is 10.0. The summed E-state index contributed by atoms with van der Waals surface area (Å²) in [5.74, 6) is -1.00. The number of benzene rings is 1. The number of piperidine rings is 1. The molecule has 5 rings (SSSR count). The van der Waals surface area contributed by atoms with E-state index in [4.69, 9.17) is 4.74 Å². The molecule has 0 spiro atoms. The van der Waals surface area contributed by atoms with Crippen LogP contribution in [0, 0.1) is 6.92 Å². The lowest BCUT2D eigenvalue weighted by Gasteiger charge is -2.29. The van der Waals surface area contributed by atoms with Gasteiger partial charge in [-0.1, -0.05) is 0 Å². The van der Waals surface area contributed by atoms with Gasteiger partial charge in [0.15, 0.2) is 0 Å². The van der Waals surface area contributed by atoms with Crippen LogP contribution in [-0.2, 0) is 6.18 Å². The third kappa shape index (κ3) is 5.52. The van der Waals surface area contributed by atoms with Gasteiger partial charge in [-0.25, -0.2) is 15.0 Å². The minimum absolute atomic E-state index is 0.0659. The van der Waals surface area contributed by atoms with E-state index < -0.39 is 18.0 Å². The molecule has 7 nitrogen and oxygen atoms in total. The standard InChI is InChI=1S/C25H26F3N5O2S/c1-13-10-29-23(36-13)16-5-15(6-20(7-16)35-21-8-18-3-4-19(9-21)33-18)22(34)32-14(2)17-11-30-24(31-12-17)25(26,27)28/h5-7,10-12,14,18-19,21,33H,3-4,8-9H2,1-2H3,(H,32,34)/t14-,18-,19+,21+/m1/s1. The predicted molar refractivity (Wildman–Crippen MR) is 129 cm³/mol. The van der Waals surface area contributed by atoms with E-state index in [0.29, 0.717) is 29.0 Å². The Balaban J connectivity index is 1.37. The Kier molecular flexibility index (Phi) is 6.69. The highest BCUT2D eigenvalue weighted by Crippen LogP contribution is 2.33. The van der Waals surface area contributed by atoms with E-state index in [0.717, 1.165) is 53.5 Å². The number of thiazole rings is 1. The number of alkyl halides is 3. The molecule has 0 unspecified atom stereocenters. The fourth-order valence-corrected chi connectivity index (χ4v) is 5.53. The van der Waals surface area contributed by atoms with Crippen molar-refractivity contribution in [1.29, 1.82) is 0 Å². The molecule has 36 heavy (non-hydrogen) atoms. The van der Waals surface area contributed by atoms with Crippen LogP contribution in [0.1, 0.15) is 65.3 Å². The topological polar surface area (TPSA) is 89.0 Å². The van der Waals surface area contributed by atoms with Crippen molar-refractivity contribution < 1.29 is 22.7 Å². The van der Waals surface area contributed by atoms with Crippen molar-refractivity contribution in [3.8, 4) is 16.3 Å². The van der Waals surface area contributed by atoms with Gasteiger partial charge in [0.2, 0.25) is 5.82 Å². The second-order valence-electron chi connectivity index (χ2n) is 9.40. The van der Waals surface area contributed by atoms with Gasteiger partial charge in [-0.2, -0.15) is 13.2 Å². The van der Waals surface area contributed by atoms with E-state index in [1.165, 1.54) is 11.3 Å². The predicted octanol–water partition coefficient (Wildman–Crippen LogP) is 5.08. The summed E-state index contributed by atoms with van der Waals surface area (Å²) in [6.45, 7) is 3.63. The molecule has 3 aromatic rings. The number of hydrogen-bond acceptors (Lipinski definition) is 7. The zero-order valence-electron chi connectivity index (χ0n) is 19.8. The summed E-state index contributed by atoms with van der Waals surface area (Å²) in [6, 6.07) is 5.70. The zero-order valence-corrected chi connectivity index (χ0v) is 20.6. The zero-order chi connectivity index (χ0) is 25.4. The molecule has 11 heteroatoms. The number of hydrogen-bond donors (Lipinski definition) is 2. The minimum atomic E-state index is -4.62. The van der Waals surface area contributed by atoms with E-state index in [1.54, 1.807) is 25.3 Å². The number of carbonyl (C=O) groups is 1. The van der Waals surface area contributed by atoms with Crippen LogP contribution in [0.4, 0.5) is 13.2 Å². The van der Waals surface area contributed by atoms with Crippen molar-refractivity contribution in [3.05, 3.63) is 58.6 Å². The van der Waals surface area contributed by atoms with Gasteiger partial charge in [0, 0.05) is 52.2 Å². The van der Waals surface area contributed by atoms with Crippen LogP contribution in [0.3, 0.4) is 0 Å². The normalized spacial score (nSPS) is 22.3. The first kappa shape index (κ1) is 24.6. The number of fused-ring (bicyclic) bond motifs is 2. The van der Waals surface area contributed by atoms with E-state index in [1.807, 2.05) is 13.0 Å². The number of amides is 1.